The number of nitrogens with one attached hydrogen (secondary N) is 1. The number of nitrogens with zero attached hydrogens (tertiary/aromatic N) is 2. The van der Waals surface area contributed by atoms with E-state index >= 15 is 0 Å². The molecule has 2 rings (SSSR count). The van der Waals surface area contributed by atoms with Gasteiger partial charge in [0.25, 0.3) is 0 Å². The maximum Gasteiger partial charge on any atom is 0.0107 e. The summed E-state index contributed by atoms with van der Waals surface area (Å²) in [5.41, 5.74) is 0.694. The molecule has 0 amide bonds. The molecule has 2 aliphatic heterocycles. The fourth-order valence-corrected chi connectivity index (χ4v) is 3.52. The molecule has 1 N–H and O–H groups in total. The van der Waals surface area contributed by atoms with E-state index in [0.29, 0.717) is 5.41 Å². The number of likely N-dealkylation sites (tertiary alicyclic amines) is 2. The van der Waals surface area contributed by atoms with Crippen LogP contribution in [-0.2, 0) is 0 Å². The Labute approximate surface area is 114 Å². The smallest absolute Gasteiger partial charge is 0.0107 e. The van der Waals surface area contributed by atoms with E-state index in [1.165, 1.54) is 52.1 Å². The second kappa shape index (κ2) is 6.36. The first-order chi connectivity index (χ1) is 8.63. The van der Waals surface area contributed by atoms with Crippen molar-refractivity contribution in [2.24, 2.45) is 11.3 Å². The van der Waals surface area contributed by atoms with E-state index in [4.69, 9.17) is 0 Å². The summed E-state index contributed by atoms with van der Waals surface area (Å²) in [6.45, 7) is 17.0. The van der Waals surface area contributed by atoms with E-state index in [9.17, 15) is 0 Å². The molecule has 0 radical (unpaired) electrons. The number of likely N-dealkylation sites (N-methyl/N-ethyl adjacent to an activating group) is 1. The van der Waals surface area contributed by atoms with E-state index in [2.05, 4.69) is 35.9 Å². The third-order valence-electron chi connectivity index (χ3n) is 4.51. The summed E-state index contributed by atoms with van der Waals surface area (Å²) in [6, 6.07) is 0. The van der Waals surface area contributed by atoms with Crippen LogP contribution < -0.4 is 5.32 Å². The minimum atomic E-state index is 0. The molecule has 3 heteroatoms. The summed E-state index contributed by atoms with van der Waals surface area (Å²) in [5, 5.41) is 3.42. The van der Waals surface area contributed by atoms with Gasteiger partial charge in [0, 0.05) is 34.2 Å². The highest BCUT2D eigenvalue weighted by atomic mass is 15.2. The topological polar surface area (TPSA) is 18.5 Å². The highest BCUT2D eigenvalue weighted by molar-refractivity contribution is 4.98. The average Bonchev–Trinajstić information content (AvgIpc) is 2.29. The average molecular weight is 255 g/mol. The Morgan fingerprint density at radius 2 is 1.83 bits per heavy atom. The standard InChI is InChI=1S/C15H31N3.H2/c1-4-16-7-10-18-12-15(13-18)5-8-17(9-6-15)11-14(2)3;/h14,16H,4-13H2,1-3H3;1H. The van der Waals surface area contributed by atoms with E-state index < -0.39 is 0 Å². The summed E-state index contributed by atoms with van der Waals surface area (Å²) in [4.78, 5) is 5.29. The molecule has 2 fully saturated rings. The number of hydrogen-bond acceptors (Lipinski definition) is 3. The molecule has 0 aromatic heterocycles. The summed E-state index contributed by atoms with van der Waals surface area (Å²) in [5.74, 6) is 0.817. The van der Waals surface area contributed by atoms with Crippen molar-refractivity contribution >= 4 is 0 Å². The van der Waals surface area contributed by atoms with Gasteiger partial charge in [0.15, 0.2) is 0 Å². The van der Waals surface area contributed by atoms with Crippen LogP contribution in [0.3, 0.4) is 0 Å². The van der Waals surface area contributed by atoms with Crippen LogP contribution >= 0.6 is 0 Å². The minimum absolute atomic E-state index is 0. The number of piperidine rings is 1. The molecule has 2 aliphatic rings. The molecule has 0 saturated carbocycles. The Hall–Kier alpha value is -0.120. The molecule has 2 saturated heterocycles. The van der Waals surface area contributed by atoms with Crippen LogP contribution in [0.25, 0.3) is 0 Å². The fourth-order valence-electron chi connectivity index (χ4n) is 3.52. The van der Waals surface area contributed by atoms with Gasteiger partial charge in [-0.2, -0.15) is 0 Å². The molecule has 0 unspecified atom stereocenters. The lowest BCUT2D eigenvalue weighted by molar-refractivity contribution is -0.0467. The molecule has 108 valence electrons. The molecular weight excluding hydrogens is 222 g/mol. The lowest BCUT2D eigenvalue weighted by Gasteiger charge is -2.54. The van der Waals surface area contributed by atoms with Gasteiger partial charge in [-0.15, -0.1) is 0 Å². The van der Waals surface area contributed by atoms with Crippen molar-refractivity contribution in [2.75, 3.05) is 52.4 Å². The van der Waals surface area contributed by atoms with Crippen LogP contribution in [0.1, 0.15) is 35.0 Å². The SMILES string of the molecule is CCNCCN1CC2(CCN(CC(C)C)CC2)C1.[HH]. The molecule has 0 aliphatic carbocycles. The van der Waals surface area contributed by atoms with Crippen molar-refractivity contribution in [1.82, 2.24) is 15.1 Å². The van der Waals surface area contributed by atoms with Crippen molar-refractivity contribution in [2.45, 2.75) is 33.6 Å². The predicted molar refractivity (Wildman–Crippen MR) is 80.0 cm³/mol. The number of hydrogen-bond donors (Lipinski definition) is 1. The largest absolute Gasteiger partial charge is 0.316 e. The molecular formula is C15H33N3. The Morgan fingerprint density at radius 3 is 2.39 bits per heavy atom. The Balaban J connectivity index is 0.00000180. The molecule has 0 atom stereocenters. The number of rotatable bonds is 6. The van der Waals surface area contributed by atoms with Crippen LogP contribution in [0.4, 0.5) is 0 Å². The van der Waals surface area contributed by atoms with Crippen molar-refractivity contribution in [3.8, 4) is 0 Å². The zero-order valence-electron chi connectivity index (χ0n) is 12.5. The zero-order chi connectivity index (χ0) is 13.0. The third kappa shape index (κ3) is 3.69. The van der Waals surface area contributed by atoms with Crippen molar-refractivity contribution in [3.05, 3.63) is 0 Å². The van der Waals surface area contributed by atoms with Gasteiger partial charge in [0.2, 0.25) is 0 Å². The molecule has 1 spiro atoms. The fraction of sp³-hybridized carbons (Fsp3) is 1.00. The predicted octanol–water partition coefficient (Wildman–Crippen LogP) is 1.90. The van der Waals surface area contributed by atoms with Gasteiger partial charge in [0.05, 0.1) is 0 Å². The first-order valence-corrected chi connectivity index (χ1v) is 7.79. The molecule has 2 heterocycles. The second-order valence-corrected chi connectivity index (χ2v) is 6.76. The first kappa shape index (κ1) is 14.3. The molecule has 0 aromatic carbocycles. The Kier molecular flexibility index (Phi) is 5.05. The maximum atomic E-state index is 3.42. The lowest BCUT2D eigenvalue weighted by Crippen LogP contribution is -2.61. The van der Waals surface area contributed by atoms with Crippen LogP contribution in [0, 0.1) is 11.3 Å². The zero-order valence-corrected chi connectivity index (χ0v) is 12.5. The first-order valence-electron chi connectivity index (χ1n) is 7.79. The van der Waals surface area contributed by atoms with Gasteiger partial charge < -0.3 is 15.1 Å². The highest BCUT2D eigenvalue weighted by Gasteiger charge is 2.44. The van der Waals surface area contributed by atoms with Gasteiger partial charge in [-0.05, 0) is 43.8 Å². The van der Waals surface area contributed by atoms with E-state index in [1.807, 2.05) is 0 Å². The van der Waals surface area contributed by atoms with Crippen LogP contribution in [0.2, 0.25) is 0 Å². The van der Waals surface area contributed by atoms with Crippen molar-refractivity contribution in [1.29, 1.82) is 0 Å². The van der Waals surface area contributed by atoms with Gasteiger partial charge in [-0.3, -0.25) is 0 Å². The normalized spacial score (nSPS) is 24.7. The van der Waals surface area contributed by atoms with Crippen molar-refractivity contribution in [3.63, 3.8) is 0 Å². The van der Waals surface area contributed by atoms with Gasteiger partial charge in [0.1, 0.15) is 0 Å². The summed E-state index contributed by atoms with van der Waals surface area (Å²) < 4.78 is 0. The van der Waals surface area contributed by atoms with Crippen molar-refractivity contribution < 1.29 is 1.43 Å². The molecule has 0 bridgehead atoms. The summed E-state index contributed by atoms with van der Waals surface area (Å²) in [7, 11) is 0. The molecule has 0 aromatic rings. The van der Waals surface area contributed by atoms with Crippen LogP contribution in [0.5, 0.6) is 0 Å². The van der Waals surface area contributed by atoms with E-state index in [1.54, 1.807) is 0 Å². The maximum absolute atomic E-state index is 3.42. The highest BCUT2D eigenvalue weighted by Crippen LogP contribution is 2.40. The third-order valence-corrected chi connectivity index (χ3v) is 4.51. The van der Waals surface area contributed by atoms with Crippen LogP contribution in [-0.4, -0.2) is 62.2 Å². The summed E-state index contributed by atoms with van der Waals surface area (Å²) in [6.07, 6.45) is 2.86. The van der Waals surface area contributed by atoms with Gasteiger partial charge in [-0.25, -0.2) is 0 Å². The Morgan fingerprint density at radius 1 is 1.17 bits per heavy atom. The van der Waals surface area contributed by atoms with E-state index in [-0.39, 0.29) is 1.43 Å². The Bertz CT molecular complexity index is 242. The van der Waals surface area contributed by atoms with Gasteiger partial charge in [-0.1, -0.05) is 20.8 Å². The van der Waals surface area contributed by atoms with Gasteiger partial charge >= 0.3 is 0 Å². The monoisotopic (exact) mass is 255 g/mol. The molecule has 3 nitrogen and oxygen atoms in total. The quantitative estimate of drug-likeness (QED) is 0.731. The molecule has 18 heavy (non-hydrogen) atoms. The lowest BCUT2D eigenvalue weighted by atomic mass is 9.72. The van der Waals surface area contributed by atoms with E-state index in [0.717, 1.165) is 19.0 Å². The second-order valence-electron chi connectivity index (χ2n) is 6.76. The minimum Gasteiger partial charge on any atom is -0.316 e. The van der Waals surface area contributed by atoms with Crippen LogP contribution in [0.15, 0.2) is 0 Å². The summed E-state index contributed by atoms with van der Waals surface area (Å²) >= 11 is 0.